The molecule has 32 heavy (non-hydrogen) atoms. The van der Waals surface area contributed by atoms with Crippen molar-refractivity contribution >= 4 is 0 Å². The molecule has 0 unspecified atom stereocenters. The van der Waals surface area contributed by atoms with E-state index in [1.807, 2.05) is 6.92 Å². The number of alkyl halides is 5. The molecule has 0 radical (unpaired) electrons. The molecular weight excluding hydrogens is 451 g/mol. The monoisotopic (exact) mass is 470 g/mol. The van der Waals surface area contributed by atoms with Crippen LogP contribution in [0.3, 0.4) is 0 Å². The van der Waals surface area contributed by atoms with Gasteiger partial charge < -0.3 is 4.74 Å². The zero-order valence-corrected chi connectivity index (χ0v) is 16.8. The molecule has 1 nitrogen and oxygen atoms in total. The van der Waals surface area contributed by atoms with Crippen molar-refractivity contribution in [2.24, 2.45) is 5.92 Å². The van der Waals surface area contributed by atoms with Crippen LogP contribution in [0.1, 0.15) is 61.6 Å². The van der Waals surface area contributed by atoms with Crippen LogP contribution in [0.4, 0.5) is 39.5 Å². The van der Waals surface area contributed by atoms with Gasteiger partial charge in [-0.25, -0.2) is 17.6 Å². The average Bonchev–Trinajstić information content (AvgIpc) is 2.65. The van der Waals surface area contributed by atoms with E-state index >= 15 is 0 Å². The lowest BCUT2D eigenvalue weighted by molar-refractivity contribution is -0.189. The van der Waals surface area contributed by atoms with Crippen molar-refractivity contribution in [2.75, 3.05) is 0 Å². The number of halogens is 9. The quantitative estimate of drug-likeness (QED) is 0.402. The minimum absolute atomic E-state index is 0.129. The molecule has 1 fully saturated rings. The summed E-state index contributed by atoms with van der Waals surface area (Å²) in [5.74, 6) is -8.74. The molecule has 176 valence electrons. The van der Waals surface area contributed by atoms with E-state index in [1.165, 1.54) is 0 Å². The summed E-state index contributed by atoms with van der Waals surface area (Å²) in [4.78, 5) is 0. The predicted molar refractivity (Wildman–Crippen MR) is 97.2 cm³/mol. The van der Waals surface area contributed by atoms with Crippen molar-refractivity contribution in [3.63, 3.8) is 0 Å². The molecule has 1 aliphatic rings. The zero-order valence-electron chi connectivity index (χ0n) is 16.8. The maximum absolute atomic E-state index is 14.5. The van der Waals surface area contributed by atoms with Gasteiger partial charge in [0.2, 0.25) is 0 Å². The predicted octanol–water partition coefficient (Wildman–Crippen LogP) is 8.07. The van der Waals surface area contributed by atoms with Gasteiger partial charge in [0.1, 0.15) is 40.1 Å². The lowest BCUT2D eigenvalue weighted by atomic mass is 9.77. The molecule has 2 aromatic rings. The number of benzene rings is 2. The fourth-order valence-electron chi connectivity index (χ4n) is 4.09. The molecule has 0 aromatic heterocycles. The molecule has 1 saturated carbocycles. The number of hydrogen-bond acceptors (Lipinski definition) is 1. The summed E-state index contributed by atoms with van der Waals surface area (Å²) in [7, 11) is 0. The van der Waals surface area contributed by atoms with Crippen LogP contribution >= 0.6 is 0 Å². The number of hydrogen-bond donors (Lipinski definition) is 0. The van der Waals surface area contributed by atoms with Gasteiger partial charge in [-0.2, -0.15) is 22.0 Å². The maximum atomic E-state index is 14.5. The molecule has 0 atom stereocenters. The summed E-state index contributed by atoms with van der Waals surface area (Å²) in [6, 6.07) is 1.27. The Morgan fingerprint density at radius 3 is 1.66 bits per heavy atom. The summed E-state index contributed by atoms with van der Waals surface area (Å²) < 4.78 is 127. The minimum Gasteiger partial charge on any atom is -0.429 e. The van der Waals surface area contributed by atoms with Crippen molar-refractivity contribution in [1.82, 2.24) is 0 Å². The fraction of sp³-hybridized carbons (Fsp3) is 0.455. The SMILES string of the molecule is CC[C@H]1CC[C@H](c2cc(F)c(C(F)(F)Oc3cc(F)c(C(F)(F)F)c(F)c3)c(F)c2)CC1. The second-order valence-corrected chi connectivity index (χ2v) is 7.86. The maximum Gasteiger partial charge on any atom is 0.432 e. The van der Waals surface area contributed by atoms with Crippen LogP contribution in [0.25, 0.3) is 0 Å². The normalized spacial score (nSPS) is 19.8. The first-order valence-corrected chi connectivity index (χ1v) is 9.96. The van der Waals surface area contributed by atoms with E-state index < -0.39 is 52.4 Å². The number of ether oxygens (including phenoxy) is 1. The summed E-state index contributed by atoms with van der Waals surface area (Å²) in [5, 5.41) is 0. The smallest absolute Gasteiger partial charge is 0.429 e. The van der Waals surface area contributed by atoms with E-state index in [-0.39, 0.29) is 23.6 Å². The summed E-state index contributed by atoms with van der Waals surface area (Å²) >= 11 is 0. The van der Waals surface area contributed by atoms with Gasteiger partial charge in [0.05, 0.1) is 0 Å². The third-order valence-corrected chi connectivity index (χ3v) is 5.80. The molecule has 0 aliphatic heterocycles. The van der Waals surface area contributed by atoms with Gasteiger partial charge in [0.25, 0.3) is 0 Å². The van der Waals surface area contributed by atoms with E-state index in [4.69, 9.17) is 0 Å². The molecule has 3 rings (SSSR count). The second-order valence-electron chi connectivity index (χ2n) is 7.86. The van der Waals surface area contributed by atoms with Gasteiger partial charge in [-0.3, -0.25) is 0 Å². The Morgan fingerprint density at radius 2 is 1.22 bits per heavy atom. The fourth-order valence-corrected chi connectivity index (χ4v) is 4.09. The Bertz CT molecular complexity index is 930. The van der Waals surface area contributed by atoms with E-state index in [9.17, 15) is 39.5 Å². The number of rotatable bonds is 5. The topological polar surface area (TPSA) is 9.23 Å². The minimum atomic E-state index is -5.42. The van der Waals surface area contributed by atoms with Gasteiger partial charge in [-0.15, -0.1) is 0 Å². The second kappa shape index (κ2) is 8.86. The Morgan fingerprint density at radius 1 is 0.750 bits per heavy atom. The highest BCUT2D eigenvalue weighted by Gasteiger charge is 2.43. The summed E-state index contributed by atoms with van der Waals surface area (Å²) in [5.41, 5.74) is -3.89. The third-order valence-electron chi connectivity index (χ3n) is 5.80. The highest BCUT2D eigenvalue weighted by molar-refractivity contribution is 5.35. The Labute approximate surface area is 178 Å². The standard InChI is InChI=1S/C22H19F9O/c1-2-11-3-5-12(6-4-11)13-7-15(23)20(16(24)8-13)22(30,31)32-14-9-17(25)19(18(26)10-14)21(27,28)29/h7-12H,2-6H2,1H3/t11-,12-. The largest absolute Gasteiger partial charge is 0.432 e. The molecule has 0 amide bonds. The van der Waals surface area contributed by atoms with Crippen LogP contribution in [0.2, 0.25) is 0 Å². The highest BCUT2D eigenvalue weighted by Crippen LogP contribution is 2.42. The first kappa shape index (κ1) is 24.3. The molecule has 1 aliphatic carbocycles. The van der Waals surface area contributed by atoms with Gasteiger partial charge in [0.15, 0.2) is 0 Å². The van der Waals surface area contributed by atoms with Crippen LogP contribution in [0, 0.1) is 29.2 Å². The van der Waals surface area contributed by atoms with Crippen molar-refractivity contribution in [3.8, 4) is 5.75 Å². The molecule has 0 spiro atoms. The molecule has 0 bridgehead atoms. The van der Waals surface area contributed by atoms with Gasteiger partial charge in [-0.1, -0.05) is 13.3 Å². The molecular formula is C22H19F9O. The average molecular weight is 470 g/mol. The van der Waals surface area contributed by atoms with Crippen LogP contribution in [0.5, 0.6) is 5.75 Å². The van der Waals surface area contributed by atoms with Crippen molar-refractivity contribution < 1.29 is 44.3 Å². The van der Waals surface area contributed by atoms with Gasteiger partial charge >= 0.3 is 12.3 Å². The Hall–Kier alpha value is -2.39. The molecule has 0 saturated heterocycles. The van der Waals surface area contributed by atoms with Crippen molar-refractivity contribution in [3.05, 3.63) is 64.2 Å². The highest BCUT2D eigenvalue weighted by atomic mass is 19.4. The molecule has 0 N–H and O–H groups in total. The van der Waals surface area contributed by atoms with Gasteiger partial charge in [0, 0.05) is 12.1 Å². The van der Waals surface area contributed by atoms with Crippen LogP contribution < -0.4 is 4.74 Å². The van der Waals surface area contributed by atoms with E-state index in [1.54, 1.807) is 0 Å². The van der Waals surface area contributed by atoms with E-state index in [0.29, 0.717) is 18.8 Å². The van der Waals surface area contributed by atoms with Crippen molar-refractivity contribution in [1.29, 1.82) is 0 Å². The zero-order chi connectivity index (χ0) is 23.8. The third kappa shape index (κ3) is 4.99. The van der Waals surface area contributed by atoms with Crippen molar-refractivity contribution in [2.45, 2.75) is 57.2 Å². The Kier molecular flexibility index (Phi) is 6.72. The first-order valence-electron chi connectivity index (χ1n) is 9.96. The summed E-state index contributed by atoms with van der Waals surface area (Å²) in [6.45, 7) is 2.04. The van der Waals surface area contributed by atoms with Crippen LogP contribution in [-0.4, -0.2) is 0 Å². The lowest BCUT2D eigenvalue weighted by Crippen LogP contribution is -2.26. The van der Waals surface area contributed by atoms with Crippen LogP contribution in [0.15, 0.2) is 24.3 Å². The lowest BCUT2D eigenvalue weighted by Gasteiger charge is -2.28. The van der Waals surface area contributed by atoms with E-state index in [2.05, 4.69) is 4.74 Å². The Balaban J connectivity index is 1.87. The first-order chi connectivity index (χ1) is 14.8. The summed E-state index contributed by atoms with van der Waals surface area (Å²) in [6.07, 6.45) is -6.21. The van der Waals surface area contributed by atoms with Gasteiger partial charge in [-0.05, 0) is 55.2 Å². The van der Waals surface area contributed by atoms with E-state index in [0.717, 1.165) is 31.4 Å². The van der Waals surface area contributed by atoms with Crippen LogP contribution in [-0.2, 0) is 12.3 Å². The molecule has 0 heterocycles. The molecule has 2 aromatic carbocycles. The molecule has 10 heteroatoms.